The second-order valence-corrected chi connectivity index (χ2v) is 5.04. The van der Waals surface area contributed by atoms with Crippen molar-refractivity contribution in [3.05, 3.63) is 0 Å². The highest BCUT2D eigenvalue weighted by Gasteiger charge is 2.25. The smallest absolute Gasteiger partial charge is 0.0745 e. The van der Waals surface area contributed by atoms with Crippen LogP contribution in [0.5, 0.6) is 0 Å². The van der Waals surface area contributed by atoms with Gasteiger partial charge in [0, 0.05) is 0 Å². The summed E-state index contributed by atoms with van der Waals surface area (Å²) < 4.78 is 5.54. The number of ether oxygens (including phenoxy) is 1. The number of hydrogen-bond donors (Lipinski definition) is 1. The van der Waals surface area contributed by atoms with Crippen LogP contribution in [0.1, 0.15) is 41.5 Å². The largest absolute Gasteiger partial charge is 0.391 e. The first-order valence-electron chi connectivity index (χ1n) is 5.04. The molecule has 0 amide bonds. The van der Waals surface area contributed by atoms with E-state index in [1.165, 1.54) is 0 Å². The average Bonchev–Trinajstić information content (AvgIpc) is 1.96. The predicted molar refractivity (Wildman–Crippen MR) is 55.7 cm³/mol. The van der Waals surface area contributed by atoms with Gasteiger partial charge >= 0.3 is 0 Å². The van der Waals surface area contributed by atoms with Gasteiger partial charge < -0.3 is 9.84 Å². The lowest BCUT2D eigenvalue weighted by Crippen LogP contribution is -2.31. The molecule has 0 bridgehead atoms. The summed E-state index contributed by atoms with van der Waals surface area (Å²) >= 11 is 0. The second-order valence-electron chi connectivity index (χ2n) is 5.04. The Bertz CT molecular complexity index is 136. The molecule has 80 valence electrons. The Morgan fingerprint density at radius 3 is 1.92 bits per heavy atom. The molecule has 2 heteroatoms. The quantitative estimate of drug-likeness (QED) is 0.734. The highest BCUT2D eigenvalue weighted by molar-refractivity contribution is 4.75. The maximum Gasteiger partial charge on any atom is 0.0745 e. The van der Waals surface area contributed by atoms with Gasteiger partial charge in [0.05, 0.1) is 18.8 Å². The zero-order valence-electron chi connectivity index (χ0n) is 9.79. The Balaban J connectivity index is 3.90. The van der Waals surface area contributed by atoms with Crippen LogP contribution >= 0.6 is 0 Å². The molecule has 0 aromatic carbocycles. The molecule has 0 aliphatic rings. The maximum atomic E-state index is 9.06. The van der Waals surface area contributed by atoms with E-state index in [-0.39, 0.29) is 17.6 Å². The minimum Gasteiger partial charge on any atom is -0.391 e. The van der Waals surface area contributed by atoms with Crippen molar-refractivity contribution in [3.8, 4) is 0 Å². The van der Waals surface area contributed by atoms with E-state index in [1.54, 1.807) is 6.92 Å². The van der Waals surface area contributed by atoms with Crippen LogP contribution in [0, 0.1) is 11.3 Å². The lowest BCUT2D eigenvalue weighted by atomic mass is 9.79. The third-order valence-corrected chi connectivity index (χ3v) is 2.67. The van der Waals surface area contributed by atoms with Gasteiger partial charge in [0.2, 0.25) is 0 Å². The van der Waals surface area contributed by atoms with Crippen LogP contribution in [0.15, 0.2) is 0 Å². The molecule has 2 nitrogen and oxygen atoms in total. The highest BCUT2D eigenvalue weighted by atomic mass is 16.5. The molecule has 0 aliphatic carbocycles. The van der Waals surface area contributed by atoms with Gasteiger partial charge in [-0.25, -0.2) is 0 Å². The topological polar surface area (TPSA) is 29.5 Å². The first-order valence-corrected chi connectivity index (χ1v) is 5.04. The minimum absolute atomic E-state index is 0.203. The van der Waals surface area contributed by atoms with Crippen LogP contribution in [-0.2, 0) is 4.74 Å². The van der Waals surface area contributed by atoms with Gasteiger partial charge in [0.1, 0.15) is 0 Å². The van der Waals surface area contributed by atoms with E-state index in [0.717, 1.165) is 0 Å². The van der Waals surface area contributed by atoms with Crippen LogP contribution in [0.3, 0.4) is 0 Å². The van der Waals surface area contributed by atoms with E-state index in [1.807, 2.05) is 0 Å². The molecule has 0 saturated heterocycles. The Morgan fingerprint density at radius 1 is 1.15 bits per heavy atom. The summed E-state index contributed by atoms with van der Waals surface area (Å²) in [5.41, 5.74) is 0.262. The molecule has 0 fully saturated rings. The Hall–Kier alpha value is -0.0800. The summed E-state index contributed by atoms with van der Waals surface area (Å²) in [4.78, 5) is 0. The fourth-order valence-corrected chi connectivity index (χ4v) is 1.14. The van der Waals surface area contributed by atoms with Gasteiger partial charge in [-0.15, -0.1) is 0 Å². The maximum absolute atomic E-state index is 9.06. The molecule has 1 N–H and O–H groups in total. The van der Waals surface area contributed by atoms with Crippen LogP contribution in [0.25, 0.3) is 0 Å². The van der Waals surface area contributed by atoms with Crippen LogP contribution in [0.2, 0.25) is 0 Å². The van der Waals surface area contributed by atoms with Crippen LogP contribution in [-0.4, -0.2) is 23.9 Å². The Morgan fingerprint density at radius 2 is 1.62 bits per heavy atom. The van der Waals surface area contributed by atoms with Crippen molar-refractivity contribution in [2.24, 2.45) is 11.3 Å². The third-order valence-electron chi connectivity index (χ3n) is 2.67. The molecule has 0 spiro atoms. The number of aliphatic hydroxyl groups excluding tert-OH is 1. The van der Waals surface area contributed by atoms with Crippen molar-refractivity contribution < 1.29 is 9.84 Å². The van der Waals surface area contributed by atoms with Gasteiger partial charge in [0.25, 0.3) is 0 Å². The van der Waals surface area contributed by atoms with E-state index in [2.05, 4.69) is 34.6 Å². The zero-order chi connectivity index (χ0) is 10.6. The molecule has 0 unspecified atom stereocenters. The molecule has 3 atom stereocenters. The lowest BCUT2D eigenvalue weighted by molar-refractivity contribution is -0.0398. The third kappa shape index (κ3) is 5.27. The molecule has 0 rings (SSSR count). The fourth-order valence-electron chi connectivity index (χ4n) is 1.14. The van der Waals surface area contributed by atoms with Gasteiger partial charge in [-0.2, -0.15) is 0 Å². The first-order chi connectivity index (χ1) is 5.75. The Labute approximate surface area is 82.3 Å². The van der Waals surface area contributed by atoms with Crippen LogP contribution < -0.4 is 0 Å². The van der Waals surface area contributed by atoms with Gasteiger partial charge in [-0.3, -0.25) is 0 Å². The van der Waals surface area contributed by atoms with Gasteiger partial charge in [-0.1, -0.05) is 27.7 Å². The summed E-state index contributed by atoms with van der Waals surface area (Å²) in [6, 6.07) is 0. The summed E-state index contributed by atoms with van der Waals surface area (Å²) in [6.45, 7) is 13.1. The van der Waals surface area contributed by atoms with E-state index >= 15 is 0 Å². The molecular formula is C11H24O2. The molecule has 0 aliphatic heterocycles. The van der Waals surface area contributed by atoms with Gasteiger partial charge in [-0.05, 0) is 25.2 Å². The van der Waals surface area contributed by atoms with Crippen molar-refractivity contribution >= 4 is 0 Å². The minimum atomic E-state index is -0.366. The van der Waals surface area contributed by atoms with Crippen molar-refractivity contribution in [1.82, 2.24) is 0 Å². The summed E-state index contributed by atoms with van der Waals surface area (Å²) in [7, 11) is 0. The van der Waals surface area contributed by atoms with E-state index in [4.69, 9.17) is 9.84 Å². The number of rotatable bonds is 4. The van der Waals surface area contributed by atoms with E-state index < -0.39 is 0 Å². The molecule has 0 heterocycles. The van der Waals surface area contributed by atoms with Crippen molar-refractivity contribution in [2.75, 3.05) is 6.61 Å². The molecule has 0 saturated carbocycles. The zero-order valence-corrected chi connectivity index (χ0v) is 9.79. The van der Waals surface area contributed by atoms with E-state index in [0.29, 0.717) is 12.5 Å². The average molecular weight is 188 g/mol. The number of hydrogen-bond acceptors (Lipinski definition) is 2. The first kappa shape index (κ1) is 12.9. The number of aliphatic hydroxyl groups is 1. The SMILES string of the molecule is C[C@H](O)CO[C@H](C)[C@H](C)C(C)(C)C. The second kappa shape index (κ2) is 4.97. The molecule has 0 aromatic heterocycles. The van der Waals surface area contributed by atoms with Crippen LogP contribution in [0.4, 0.5) is 0 Å². The molecular weight excluding hydrogens is 164 g/mol. The van der Waals surface area contributed by atoms with Crippen molar-refractivity contribution in [2.45, 2.75) is 53.8 Å². The van der Waals surface area contributed by atoms with Crippen molar-refractivity contribution in [1.29, 1.82) is 0 Å². The monoisotopic (exact) mass is 188 g/mol. The summed E-state index contributed by atoms with van der Waals surface area (Å²) in [6.07, 6.45) is -0.163. The highest BCUT2D eigenvalue weighted by Crippen LogP contribution is 2.29. The standard InChI is InChI=1S/C11H24O2/c1-8(12)7-13-10(3)9(2)11(4,5)6/h8-10,12H,7H2,1-6H3/t8-,9-,10+/m0/s1. The molecule has 0 radical (unpaired) electrons. The van der Waals surface area contributed by atoms with Gasteiger partial charge in [0.15, 0.2) is 0 Å². The lowest BCUT2D eigenvalue weighted by Gasteiger charge is -2.32. The molecule has 0 aromatic rings. The summed E-state index contributed by atoms with van der Waals surface area (Å²) in [5, 5.41) is 9.06. The predicted octanol–water partition coefficient (Wildman–Crippen LogP) is 2.45. The van der Waals surface area contributed by atoms with Crippen molar-refractivity contribution in [3.63, 3.8) is 0 Å². The van der Waals surface area contributed by atoms with E-state index in [9.17, 15) is 0 Å². The summed E-state index contributed by atoms with van der Waals surface area (Å²) in [5.74, 6) is 0.492. The fraction of sp³-hybridized carbons (Fsp3) is 1.00. The Kier molecular flexibility index (Phi) is 4.93. The normalized spacial score (nSPS) is 19.6. The molecule has 13 heavy (non-hydrogen) atoms.